The van der Waals surface area contributed by atoms with E-state index >= 15 is 0 Å². The van der Waals surface area contributed by atoms with E-state index in [0.717, 1.165) is 17.4 Å². The summed E-state index contributed by atoms with van der Waals surface area (Å²) in [6.45, 7) is 4.52. The largest absolute Gasteiger partial charge is 0.494 e. The fourth-order valence-electron chi connectivity index (χ4n) is 2.99. The monoisotopic (exact) mass is 503 g/mol. The van der Waals surface area contributed by atoms with Gasteiger partial charge in [0.1, 0.15) is 17.2 Å². The molecule has 0 saturated heterocycles. The molecule has 0 spiro atoms. The molecule has 0 aliphatic heterocycles. The summed E-state index contributed by atoms with van der Waals surface area (Å²) < 4.78 is 21.4. The van der Waals surface area contributed by atoms with Crippen LogP contribution in [0.5, 0.6) is 17.2 Å². The van der Waals surface area contributed by atoms with Crippen molar-refractivity contribution in [1.29, 1.82) is 0 Å². The van der Waals surface area contributed by atoms with Crippen LogP contribution in [0.3, 0.4) is 0 Å². The molecule has 0 atom stereocenters. The summed E-state index contributed by atoms with van der Waals surface area (Å²) >= 11 is 0. The lowest BCUT2D eigenvalue weighted by molar-refractivity contribution is -0.137. The predicted octanol–water partition coefficient (Wildman–Crippen LogP) is 4.92. The van der Waals surface area contributed by atoms with Crippen LogP contribution in [0, 0.1) is 0 Å². The Kier molecular flexibility index (Phi) is 10.9. The van der Waals surface area contributed by atoms with E-state index in [4.69, 9.17) is 24.1 Å². The summed E-state index contributed by atoms with van der Waals surface area (Å²) in [6, 6.07) is 21.0. The third-order valence-electron chi connectivity index (χ3n) is 4.92. The van der Waals surface area contributed by atoms with Crippen molar-refractivity contribution in [3.05, 3.63) is 96.6 Å². The first-order valence-corrected chi connectivity index (χ1v) is 11.8. The van der Waals surface area contributed by atoms with Crippen molar-refractivity contribution in [3.8, 4) is 17.2 Å². The summed E-state index contributed by atoms with van der Waals surface area (Å²) in [7, 11) is 0. The van der Waals surface area contributed by atoms with Gasteiger partial charge >= 0.3 is 11.9 Å². The first kappa shape index (κ1) is 27.2. The molecule has 0 saturated carbocycles. The number of hydrogen-bond acceptors (Lipinski definition) is 8. The second-order valence-corrected chi connectivity index (χ2v) is 7.73. The number of carbonyl (C=O) groups is 2. The maximum absolute atomic E-state index is 12.5. The molecule has 37 heavy (non-hydrogen) atoms. The highest BCUT2D eigenvalue weighted by Crippen LogP contribution is 2.20. The van der Waals surface area contributed by atoms with Crippen LogP contribution in [0.2, 0.25) is 0 Å². The Morgan fingerprint density at radius 3 is 2.00 bits per heavy atom. The molecular weight excluding hydrogens is 474 g/mol. The number of nitrogens with zero attached hydrogens (tertiary/aromatic N) is 1. The summed E-state index contributed by atoms with van der Waals surface area (Å²) in [5.41, 5.74) is 2.01. The SMILES string of the molecule is C=CC(=O)OCCCOc1ccc(C(=O)Oc2ccc(N=Cc3ccc(OCCCO)cc3)cc2)cc1. The van der Waals surface area contributed by atoms with E-state index in [2.05, 4.69) is 11.6 Å². The van der Waals surface area contributed by atoms with Gasteiger partial charge in [0.15, 0.2) is 0 Å². The summed E-state index contributed by atoms with van der Waals surface area (Å²) in [4.78, 5) is 27.9. The fraction of sp³-hybridized carbons (Fsp3) is 0.207. The van der Waals surface area contributed by atoms with E-state index in [1.165, 1.54) is 0 Å². The molecular formula is C29H29NO7. The number of ether oxygens (including phenoxy) is 4. The average Bonchev–Trinajstić information content (AvgIpc) is 2.93. The lowest BCUT2D eigenvalue weighted by atomic mass is 10.2. The first-order valence-electron chi connectivity index (χ1n) is 11.8. The normalized spacial score (nSPS) is 10.6. The number of aliphatic imine (C=N–C) groups is 1. The van der Waals surface area contributed by atoms with Crippen LogP contribution in [0.15, 0.2) is 90.4 Å². The van der Waals surface area contributed by atoms with Crippen molar-refractivity contribution in [2.24, 2.45) is 4.99 Å². The van der Waals surface area contributed by atoms with Crippen LogP contribution in [-0.4, -0.2) is 49.7 Å². The topological polar surface area (TPSA) is 104 Å². The van der Waals surface area contributed by atoms with Crippen LogP contribution in [-0.2, 0) is 9.53 Å². The van der Waals surface area contributed by atoms with Gasteiger partial charge < -0.3 is 24.1 Å². The van der Waals surface area contributed by atoms with Gasteiger partial charge in [-0.15, -0.1) is 0 Å². The average molecular weight is 504 g/mol. The van der Waals surface area contributed by atoms with E-state index in [1.54, 1.807) is 54.7 Å². The van der Waals surface area contributed by atoms with Crippen molar-refractivity contribution in [2.75, 3.05) is 26.4 Å². The van der Waals surface area contributed by atoms with E-state index in [0.29, 0.717) is 48.8 Å². The van der Waals surface area contributed by atoms with E-state index in [-0.39, 0.29) is 13.2 Å². The minimum Gasteiger partial charge on any atom is -0.494 e. The molecule has 0 bridgehead atoms. The molecule has 1 N–H and O–H groups in total. The van der Waals surface area contributed by atoms with Gasteiger partial charge in [0, 0.05) is 31.7 Å². The molecule has 3 aromatic rings. The van der Waals surface area contributed by atoms with Gasteiger partial charge in [-0.25, -0.2) is 9.59 Å². The molecule has 8 heteroatoms. The van der Waals surface area contributed by atoms with Gasteiger partial charge in [-0.2, -0.15) is 0 Å². The second-order valence-electron chi connectivity index (χ2n) is 7.73. The van der Waals surface area contributed by atoms with Crippen molar-refractivity contribution < 1.29 is 33.6 Å². The van der Waals surface area contributed by atoms with Gasteiger partial charge in [-0.1, -0.05) is 6.58 Å². The number of benzene rings is 3. The Morgan fingerprint density at radius 1 is 0.784 bits per heavy atom. The molecule has 0 fully saturated rings. The van der Waals surface area contributed by atoms with Gasteiger partial charge in [0.25, 0.3) is 0 Å². The minimum atomic E-state index is -0.486. The van der Waals surface area contributed by atoms with E-state index in [1.807, 2.05) is 24.3 Å². The molecule has 0 amide bonds. The van der Waals surface area contributed by atoms with Crippen molar-refractivity contribution in [2.45, 2.75) is 12.8 Å². The van der Waals surface area contributed by atoms with Crippen LogP contribution in [0.1, 0.15) is 28.8 Å². The fourth-order valence-corrected chi connectivity index (χ4v) is 2.99. The van der Waals surface area contributed by atoms with E-state index < -0.39 is 11.9 Å². The zero-order chi connectivity index (χ0) is 26.3. The second kappa shape index (κ2) is 14.9. The molecule has 0 unspecified atom stereocenters. The van der Waals surface area contributed by atoms with Crippen LogP contribution < -0.4 is 14.2 Å². The Labute approximate surface area is 215 Å². The number of hydrogen-bond donors (Lipinski definition) is 1. The molecule has 192 valence electrons. The Hall–Kier alpha value is -4.43. The van der Waals surface area contributed by atoms with Gasteiger partial charge in [-0.05, 0) is 78.4 Å². The number of aliphatic hydroxyl groups is 1. The zero-order valence-electron chi connectivity index (χ0n) is 20.4. The molecule has 0 aliphatic carbocycles. The number of carbonyl (C=O) groups excluding carboxylic acids is 2. The predicted molar refractivity (Wildman–Crippen MR) is 140 cm³/mol. The van der Waals surface area contributed by atoms with Crippen molar-refractivity contribution >= 4 is 23.8 Å². The summed E-state index contributed by atoms with van der Waals surface area (Å²) in [6.07, 6.45) is 3.98. The number of aliphatic hydroxyl groups excluding tert-OH is 1. The smallest absolute Gasteiger partial charge is 0.343 e. The molecule has 3 aromatic carbocycles. The van der Waals surface area contributed by atoms with Crippen LogP contribution in [0.25, 0.3) is 0 Å². The third kappa shape index (κ3) is 9.62. The maximum atomic E-state index is 12.5. The standard InChI is InChI=1S/C29H29NO7/c1-2-28(32)36-20-4-19-35-26-13-7-23(8-14-26)29(33)37-27-15-9-24(10-16-27)30-21-22-5-11-25(12-6-22)34-18-3-17-31/h2,5-16,21,31H,1,3-4,17-20H2. The lowest BCUT2D eigenvalue weighted by Crippen LogP contribution is -2.09. The molecule has 0 aliphatic rings. The summed E-state index contributed by atoms with van der Waals surface area (Å²) in [5.74, 6) is 0.789. The van der Waals surface area contributed by atoms with Crippen LogP contribution >= 0.6 is 0 Å². The highest BCUT2D eigenvalue weighted by atomic mass is 16.5. The van der Waals surface area contributed by atoms with Crippen LogP contribution in [0.4, 0.5) is 5.69 Å². The van der Waals surface area contributed by atoms with E-state index in [9.17, 15) is 9.59 Å². The highest BCUT2D eigenvalue weighted by Gasteiger charge is 2.09. The number of esters is 2. The molecule has 3 rings (SSSR count). The first-order chi connectivity index (χ1) is 18.1. The Morgan fingerprint density at radius 2 is 1.38 bits per heavy atom. The lowest BCUT2D eigenvalue weighted by Gasteiger charge is -2.08. The summed E-state index contributed by atoms with van der Waals surface area (Å²) in [5, 5.41) is 8.80. The van der Waals surface area contributed by atoms with Crippen molar-refractivity contribution in [1.82, 2.24) is 0 Å². The third-order valence-corrected chi connectivity index (χ3v) is 4.92. The number of rotatable bonds is 14. The quantitative estimate of drug-likeness (QED) is 0.110. The minimum absolute atomic E-state index is 0.103. The Bertz CT molecular complexity index is 1170. The zero-order valence-corrected chi connectivity index (χ0v) is 20.4. The highest BCUT2D eigenvalue weighted by molar-refractivity contribution is 5.91. The molecule has 8 nitrogen and oxygen atoms in total. The molecule has 0 heterocycles. The Balaban J connectivity index is 1.44. The molecule has 0 radical (unpaired) electrons. The van der Waals surface area contributed by atoms with Gasteiger partial charge in [0.05, 0.1) is 31.1 Å². The van der Waals surface area contributed by atoms with Gasteiger partial charge in [0.2, 0.25) is 0 Å². The molecule has 0 aromatic heterocycles. The maximum Gasteiger partial charge on any atom is 0.343 e. The van der Waals surface area contributed by atoms with Crippen molar-refractivity contribution in [3.63, 3.8) is 0 Å². The van der Waals surface area contributed by atoms with Gasteiger partial charge in [-0.3, -0.25) is 4.99 Å².